The third-order valence-corrected chi connectivity index (χ3v) is 5.07. The maximum atomic E-state index is 13.6. The molecule has 7 nitrogen and oxygen atoms in total. The van der Waals surface area contributed by atoms with E-state index in [-0.39, 0.29) is 11.9 Å². The van der Waals surface area contributed by atoms with Crippen molar-refractivity contribution >= 4 is 5.91 Å². The molecule has 1 amide bonds. The van der Waals surface area contributed by atoms with Gasteiger partial charge in [0, 0.05) is 32.2 Å². The molecule has 0 bridgehead atoms. The minimum absolute atomic E-state index is 0.0146. The molecule has 0 radical (unpaired) electrons. The van der Waals surface area contributed by atoms with Gasteiger partial charge in [0.25, 0.3) is 5.91 Å². The summed E-state index contributed by atoms with van der Waals surface area (Å²) in [6.07, 6.45) is 9.91. The number of carbonyl (C=O) groups is 1. The van der Waals surface area contributed by atoms with Gasteiger partial charge in [-0.1, -0.05) is 6.07 Å². The number of rotatable bonds is 4. The van der Waals surface area contributed by atoms with Crippen molar-refractivity contribution in [2.45, 2.75) is 32.2 Å². The van der Waals surface area contributed by atoms with Crippen molar-refractivity contribution in [2.24, 2.45) is 7.05 Å². The summed E-state index contributed by atoms with van der Waals surface area (Å²) in [5.74, 6) is 0.950. The molecule has 1 aliphatic heterocycles. The van der Waals surface area contributed by atoms with Crippen molar-refractivity contribution in [1.82, 2.24) is 24.6 Å². The molecule has 1 aliphatic rings. The van der Waals surface area contributed by atoms with E-state index in [9.17, 15) is 4.79 Å². The highest BCUT2D eigenvalue weighted by atomic mass is 16.5. The number of hydrogen-bond acceptors (Lipinski definition) is 5. The first-order valence-corrected chi connectivity index (χ1v) is 9.47. The van der Waals surface area contributed by atoms with Crippen molar-refractivity contribution in [2.75, 3.05) is 6.54 Å². The first-order valence-electron chi connectivity index (χ1n) is 9.47. The van der Waals surface area contributed by atoms with Crippen LogP contribution in [0.3, 0.4) is 0 Å². The van der Waals surface area contributed by atoms with Gasteiger partial charge >= 0.3 is 0 Å². The van der Waals surface area contributed by atoms with E-state index in [4.69, 9.17) is 4.74 Å². The van der Waals surface area contributed by atoms with Gasteiger partial charge in [0.05, 0.1) is 17.9 Å². The van der Waals surface area contributed by atoms with Crippen LogP contribution in [0.1, 0.15) is 46.9 Å². The van der Waals surface area contributed by atoms with Crippen LogP contribution in [-0.2, 0) is 7.05 Å². The molecule has 1 atom stereocenters. The predicted molar refractivity (Wildman–Crippen MR) is 104 cm³/mol. The summed E-state index contributed by atoms with van der Waals surface area (Å²) in [4.78, 5) is 23.8. The van der Waals surface area contributed by atoms with E-state index in [1.807, 2.05) is 36.2 Å². The maximum Gasteiger partial charge on any atom is 0.261 e. The molecule has 28 heavy (non-hydrogen) atoms. The Balaban J connectivity index is 1.69. The predicted octanol–water partition coefficient (Wildman–Crippen LogP) is 3.68. The largest absolute Gasteiger partial charge is 0.437 e. The summed E-state index contributed by atoms with van der Waals surface area (Å²) in [7, 11) is 1.78. The van der Waals surface area contributed by atoms with E-state index in [1.165, 1.54) is 0 Å². The minimum Gasteiger partial charge on any atom is -0.437 e. The quantitative estimate of drug-likeness (QED) is 0.693. The van der Waals surface area contributed by atoms with Crippen molar-refractivity contribution in [1.29, 1.82) is 0 Å². The maximum absolute atomic E-state index is 13.6. The van der Waals surface area contributed by atoms with Gasteiger partial charge in [-0.25, -0.2) is 4.68 Å². The standard InChI is InChI=1S/C21H23N5O2/c1-15-19(21(25(2)24-15)28-17-8-6-11-23-14-17)20(27)26-12-4-3-9-18(26)16-7-5-10-22-13-16/h5-8,10-11,13-14,18H,3-4,9,12H2,1-2H3. The van der Waals surface area contributed by atoms with Gasteiger partial charge in [0.1, 0.15) is 11.3 Å². The van der Waals surface area contributed by atoms with Crippen LogP contribution in [0.25, 0.3) is 0 Å². The van der Waals surface area contributed by atoms with Crippen LogP contribution in [0.5, 0.6) is 11.6 Å². The highest BCUT2D eigenvalue weighted by Crippen LogP contribution is 2.35. The van der Waals surface area contributed by atoms with E-state index in [1.54, 1.807) is 36.4 Å². The lowest BCUT2D eigenvalue weighted by Crippen LogP contribution is -2.38. The highest BCUT2D eigenvalue weighted by molar-refractivity contribution is 5.98. The zero-order valence-electron chi connectivity index (χ0n) is 16.1. The number of carbonyl (C=O) groups excluding carboxylic acids is 1. The molecule has 0 aliphatic carbocycles. The number of aryl methyl sites for hydroxylation is 2. The van der Waals surface area contributed by atoms with Gasteiger partial charge in [-0.15, -0.1) is 0 Å². The summed E-state index contributed by atoms with van der Waals surface area (Å²) >= 11 is 0. The molecule has 1 saturated heterocycles. The third kappa shape index (κ3) is 3.47. The number of pyridine rings is 2. The van der Waals surface area contributed by atoms with Crippen molar-refractivity contribution in [3.8, 4) is 11.6 Å². The molecule has 0 aromatic carbocycles. The zero-order valence-corrected chi connectivity index (χ0v) is 16.1. The second kappa shape index (κ2) is 7.80. The lowest BCUT2D eigenvalue weighted by molar-refractivity contribution is 0.0607. The SMILES string of the molecule is Cc1nn(C)c(Oc2cccnc2)c1C(=O)N1CCCCC1c1cccnc1. The lowest BCUT2D eigenvalue weighted by atomic mass is 9.95. The average molecular weight is 377 g/mol. The van der Waals surface area contributed by atoms with E-state index in [0.717, 1.165) is 24.8 Å². The molecule has 0 N–H and O–H groups in total. The van der Waals surface area contributed by atoms with Gasteiger partial charge in [-0.3, -0.25) is 14.8 Å². The first-order chi connectivity index (χ1) is 13.6. The summed E-state index contributed by atoms with van der Waals surface area (Å²) in [6.45, 7) is 2.55. The Labute approximate surface area is 164 Å². The summed E-state index contributed by atoms with van der Waals surface area (Å²) in [6, 6.07) is 7.57. The fourth-order valence-electron chi connectivity index (χ4n) is 3.76. The van der Waals surface area contributed by atoms with Gasteiger partial charge in [-0.05, 0) is 49.9 Å². The number of ether oxygens (including phenoxy) is 1. The first kappa shape index (κ1) is 18.2. The third-order valence-electron chi connectivity index (χ3n) is 5.07. The minimum atomic E-state index is -0.0574. The van der Waals surface area contributed by atoms with Crippen LogP contribution in [0.2, 0.25) is 0 Å². The van der Waals surface area contributed by atoms with Crippen LogP contribution >= 0.6 is 0 Å². The Morgan fingerprint density at radius 2 is 1.93 bits per heavy atom. The Kier molecular flexibility index (Phi) is 5.06. The van der Waals surface area contributed by atoms with Crippen LogP contribution < -0.4 is 4.74 Å². The second-order valence-corrected chi connectivity index (χ2v) is 6.98. The van der Waals surface area contributed by atoms with Crippen LogP contribution in [0.4, 0.5) is 0 Å². The van der Waals surface area contributed by atoms with Gasteiger partial charge in [0.2, 0.25) is 5.88 Å². The number of likely N-dealkylation sites (tertiary alicyclic amines) is 1. The van der Waals surface area contributed by atoms with Gasteiger partial charge in [0.15, 0.2) is 0 Å². The number of aromatic nitrogens is 4. The molecule has 3 aromatic heterocycles. The molecule has 7 heteroatoms. The van der Waals surface area contributed by atoms with Crippen molar-refractivity contribution in [3.05, 3.63) is 65.9 Å². The fraction of sp³-hybridized carbons (Fsp3) is 0.333. The van der Waals surface area contributed by atoms with Crippen LogP contribution in [0, 0.1) is 6.92 Å². The monoisotopic (exact) mass is 377 g/mol. The van der Waals surface area contributed by atoms with Crippen molar-refractivity contribution in [3.63, 3.8) is 0 Å². The molecule has 4 rings (SSSR count). The Morgan fingerprint density at radius 1 is 1.14 bits per heavy atom. The van der Waals surface area contributed by atoms with Crippen LogP contribution in [0.15, 0.2) is 49.1 Å². The Bertz CT molecular complexity index is 956. The highest BCUT2D eigenvalue weighted by Gasteiger charge is 2.33. The number of piperidine rings is 1. The van der Waals surface area contributed by atoms with Crippen LogP contribution in [-0.4, -0.2) is 37.1 Å². The number of hydrogen-bond donors (Lipinski definition) is 0. The fourth-order valence-corrected chi connectivity index (χ4v) is 3.76. The second-order valence-electron chi connectivity index (χ2n) is 6.98. The summed E-state index contributed by atoms with van der Waals surface area (Å²) < 4.78 is 7.60. The smallest absolute Gasteiger partial charge is 0.261 e. The molecular weight excluding hydrogens is 354 g/mol. The lowest BCUT2D eigenvalue weighted by Gasteiger charge is -2.36. The Morgan fingerprint density at radius 3 is 2.64 bits per heavy atom. The van der Waals surface area contributed by atoms with E-state index >= 15 is 0 Å². The summed E-state index contributed by atoms with van der Waals surface area (Å²) in [5, 5.41) is 4.43. The van der Waals surface area contributed by atoms with E-state index in [2.05, 4.69) is 15.1 Å². The summed E-state index contributed by atoms with van der Waals surface area (Å²) in [5.41, 5.74) is 2.22. The van der Waals surface area contributed by atoms with Gasteiger partial charge < -0.3 is 9.64 Å². The number of nitrogens with zero attached hydrogens (tertiary/aromatic N) is 5. The molecular formula is C21H23N5O2. The molecule has 0 spiro atoms. The number of amides is 1. The molecule has 1 fully saturated rings. The van der Waals surface area contributed by atoms with E-state index < -0.39 is 0 Å². The topological polar surface area (TPSA) is 73.1 Å². The molecule has 4 heterocycles. The molecule has 144 valence electrons. The normalized spacial score (nSPS) is 16.8. The molecule has 1 unspecified atom stereocenters. The average Bonchev–Trinajstić information content (AvgIpc) is 3.02. The molecule has 0 saturated carbocycles. The van der Waals surface area contributed by atoms with E-state index in [0.29, 0.717) is 29.4 Å². The van der Waals surface area contributed by atoms with Crippen molar-refractivity contribution < 1.29 is 9.53 Å². The zero-order chi connectivity index (χ0) is 19.5. The Hall–Kier alpha value is -3.22. The molecule has 3 aromatic rings. The van der Waals surface area contributed by atoms with Gasteiger partial charge in [-0.2, -0.15) is 5.10 Å².